The molecular weight excluding hydrogens is 329 g/mol. The Hall–Kier alpha value is -2.41. The molecule has 1 aromatic carbocycles. The minimum Gasteiger partial charge on any atom is -0.324 e. The van der Waals surface area contributed by atoms with Gasteiger partial charge < -0.3 is 10.2 Å². The largest absolute Gasteiger partial charge is 0.324 e. The van der Waals surface area contributed by atoms with Gasteiger partial charge in [0, 0.05) is 17.1 Å². The number of halogens is 1. The van der Waals surface area contributed by atoms with Gasteiger partial charge in [0.2, 0.25) is 5.91 Å². The molecule has 0 spiro atoms. The van der Waals surface area contributed by atoms with Crippen molar-refractivity contribution in [3.63, 3.8) is 0 Å². The molecule has 0 radical (unpaired) electrons. The van der Waals surface area contributed by atoms with E-state index in [-0.39, 0.29) is 11.8 Å². The third kappa shape index (κ3) is 3.56. The van der Waals surface area contributed by atoms with Crippen LogP contribution >= 0.6 is 11.8 Å². The molecule has 1 atom stereocenters. The lowest BCUT2D eigenvalue weighted by Crippen LogP contribution is -2.44. The van der Waals surface area contributed by atoms with E-state index in [0.29, 0.717) is 23.0 Å². The van der Waals surface area contributed by atoms with Crippen LogP contribution in [-0.4, -0.2) is 39.4 Å². The van der Waals surface area contributed by atoms with Crippen molar-refractivity contribution in [1.82, 2.24) is 9.88 Å². The van der Waals surface area contributed by atoms with Gasteiger partial charge in [-0.05, 0) is 37.3 Å². The Morgan fingerprint density at radius 3 is 2.83 bits per heavy atom. The first-order valence-electron chi connectivity index (χ1n) is 7.43. The van der Waals surface area contributed by atoms with Crippen LogP contribution in [0.2, 0.25) is 0 Å². The number of thioether (sulfide) groups is 1. The molecule has 0 aliphatic carbocycles. The zero-order chi connectivity index (χ0) is 17.1. The van der Waals surface area contributed by atoms with E-state index in [1.165, 1.54) is 34.9 Å². The van der Waals surface area contributed by atoms with Crippen LogP contribution in [0.15, 0.2) is 42.5 Å². The standard InChI is InChI=1S/C17H16FN3O2S/c1-11-4-2-7-14(19-11)17(23)21-10-24-9-15(21)16(22)20-13-6-3-5-12(18)8-13/h2-8,15H,9-10H2,1H3,(H,20,22). The van der Waals surface area contributed by atoms with Gasteiger partial charge in [-0.15, -0.1) is 11.8 Å². The first kappa shape index (κ1) is 16.4. The van der Waals surface area contributed by atoms with Gasteiger partial charge in [-0.25, -0.2) is 9.37 Å². The minimum atomic E-state index is -0.604. The van der Waals surface area contributed by atoms with Crippen LogP contribution < -0.4 is 5.32 Å². The summed E-state index contributed by atoms with van der Waals surface area (Å²) in [4.78, 5) is 30.8. The molecule has 0 bridgehead atoms. The lowest BCUT2D eigenvalue weighted by Gasteiger charge is -2.22. The molecule has 1 unspecified atom stereocenters. The highest BCUT2D eigenvalue weighted by atomic mass is 32.2. The van der Waals surface area contributed by atoms with E-state index >= 15 is 0 Å². The lowest BCUT2D eigenvalue weighted by atomic mass is 10.2. The van der Waals surface area contributed by atoms with E-state index in [1.807, 2.05) is 13.0 Å². The Labute approximate surface area is 143 Å². The molecule has 1 fully saturated rings. The van der Waals surface area contributed by atoms with Crippen molar-refractivity contribution in [2.75, 3.05) is 16.9 Å². The summed E-state index contributed by atoms with van der Waals surface area (Å²) in [6.07, 6.45) is 0. The second-order valence-electron chi connectivity index (χ2n) is 5.45. The second kappa shape index (κ2) is 7.00. The van der Waals surface area contributed by atoms with Gasteiger partial charge in [-0.1, -0.05) is 12.1 Å². The first-order chi connectivity index (χ1) is 11.5. The number of hydrogen-bond acceptors (Lipinski definition) is 4. The highest BCUT2D eigenvalue weighted by molar-refractivity contribution is 7.99. The second-order valence-corrected chi connectivity index (χ2v) is 6.45. The Bertz CT molecular complexity index is 784. The lowest BCUT2D eigenvalue weighted by molar-refractivity contribution is -0.119. The number of benzene rings is 1. The van der Waals surface area contributed by atoms with Crippen molar-refractivity contribution in [3.8, 4) is 0 Å². The average Bonchev–Trinajstić information content (AvgIpc) is 3.04. The van der Waals surface area contributed by atoms with Crippen LogP contribution in [0.25, 0.3) is 0 Å². The van der Waals surface area contributed by atoms with Crippen molar-refractivity contribution in [3.05, 3.63) is 59.7 Å². The van der Waals surface area contributed by atoms with Gasteiger partial charge in [0.1, 0.15) is 17.6 Å². The Kier molecular flexibility index (Phi) is 4.80. The third-order valence-electron chi connectivity index (χ3n) is 3.65. The van der Waals surface area contributed by atoms with E-state index in [9.17, 15) is 14.0 Å². The molecule has 1 aromatic heterocycles. The van der Waals surface area contributed by atoms with Crippen molar-refractivity contribution >= 4 is 29.3 Å². The molecule has 1 aliphatic rings. The number of aromatic nitrogens is 1. The fourth-order valence-electron chi connectivity index (χ4n) is 2.46. The van der Waals surface area contributed by atoms with E-state index in [1.54, 1.807) is 18.2 Å². The smallest absolute Gasteiger partial charge is 0.273 e. The molecule has 24 heavy (non-hydrogen) atoms. The molecular formula is C17H16FN3O2S. The number of rotatable bonds is 3. The molecule has 124 valence electrons. The summed E-state index contributed by atoms with van der Waals surface area (Å²) in [6.45, 7) is 1.81. The Balaban J connectivity index is 1.75. The van der Waals surface area contributed by atoms with Gasteiger partial charge in [0.05, 0.1) is 5.88 Å². The quantitative estimate of drug-likeness (QED) is 0.929. The molecule has 7 heteroatoms. The molecule has 2 heterocycles. The van der Waals surface area contributed by atoms with Gasteiger partial charge in [-0.3, -0.25) is 9.59 Å². The molecule has 1 saturated heterocycles. The van der Waals surface area contributed by atoms with Gasteiger partial charge in [0.15, 0.2) is 0 Å². The number of aryl methyl sites for hydroxylation is 1. The summed E-state index contributed by atoms with van der Waals surface area (Å²) in [5.74, 6) is -0.103. The van der Waals surface area contributed by atoms with E-state index in [0.717, 1.165) is 5.69 Å². The zero-order valence-electron chi connectivity index (χ0n) is 13.0. The summed E-state index contributed by atoms with van der Waals surface area (Å²) in [5, 5.41) is 2.67. The van der Waals surface area contributed by atoms with Gasteiger partial charge in [-0.2, -0.15) is 0 Å². The summed E-state index contributed by atoms with van der Waals surface area (Å²) in [5.41, 5.74) is 1.44. The van der Waals surface area contributed by atoms with Crippen LogP contribution in [0.4, 0.5) is 10.1 Å². The van der Waals surface area contributed by atoms with Gasteiger partial charge in [0.25, 0.3) is 5.91 Å². The number of hydrogen-bond donors (Lipinski definition) is 1. The fourth-order valence-corrected chi connectivity index (χ4v) is 3.61. The number of carbonyl (C=O) groups excluding carboxylic acids is 2. The van der Waals surface area contributed by atoms with Gasteiger partial charge >= 0.3 is 0 Å². The average molecular weight is 345 g/mol. The number of pyridine rings is 1. The number of amides is 2. The van der Waals surface area contributed by atoms with E-state index in [4.69, 9.17) is 0 Å². The summed E-state index contributed by atoms with van der Waals surface area (Å²) >= 11 is 1.50. The predicted molar refractivity (Wildman–Crippen MR) is 91.3 cm³/mol. The summed E-state index contributed by atoms with van der Waals surface area (Å²) < 4.78 is 13.2. The van der Waals surface area contributed by atoms with E-state index in [2.05, 4.69) is 10.3 Å². The molecule has 2 aromatic rings. The Morgan fingerprint density at radius 1 is 1.29 bits per heavy atom. The molecule has 1 aliphatic heterocycles. The van der Waals surface area contributed by atoms with Crippen molar-refractivity contribution < 1.29 is 14.0 Å². The van der Waals surface area contributed by atoms with Crippen molar-refractivity contribution in [2.24, 2.45) is 0 Å². The molecule has 5 nitrogen and oxygen atoms in total. The SMILES string of the molecule is Cc1cccc(C(=O)N2CSCC2C(=O)Nc2cccc(F)c2)n1. The van der Waals surface area contributed by atoms with Crippen LogP contribution in [0.1, 0.15) is 16.2 Å². The van der Waals surface area contributed by atoms with Crippen molar-refractivity contribution in [1.29, 1.82) is 0 Å². The number of nitrogens with one attached hydrogen (secondary N) is 1. The Morgan fingerprint density at radius 2 is 2.08 bits per heavy atom. The minimum absolute atomic E-state index is 0.275. The van der Waals surface area contributed by atoms with Crippen LogP contribution in [0, 0.1) is 12.7 Å². The van der Waals surface area contributed by atoms with Crippen LogP contribution in [0.3, 0.4) is 0 Å². The summed E-state index contributed by atoms with van der Waals surface area (Å²) in [7, 11) is 0. The first-order valence-corrected chi connectivity index (χ1v) is 8.59. The maximum Gasteiger partial charge on any atom is 0.273 e. The summed E-state index contributed by atoms with van der Waals surface area (Å²) in [6, 6.07) is 10.3. The highest BCUT2D eigenvalue weighted by Gasteiger charge is 2.35. The monoisotopic (exact) mass is 345 g/mol. The predicted octanol–water partition coefficient (Wildman–Crippen LogP) is 2.68. The normalized spacial score (nSPS) is 16.9. The fraction of sp³-hybridized carbons (Fsp3) is 0.235. The molecule has 1 N–H and O–H groups in total. The molecule has 2 amide bonds. The third-order valence-corrected chi connectivity index (χ3v) is 4.66. The number of nitrogens with zero attached hydrogens (tertiary/aromatic N) is 2. The molecule has 0 saturated carbocycles. The highest BCUT2D eigenvalue weighted by Crippen LogP contribution is 2.24. The van der Waals surface area contributed by atoms with Crippen molar-refractivity contribution in [2.45, 2.75) is 13.0 Å². The number of carbonyl (C=O) groups is 2. The van der Waals surface area contributed by atoms with Crippen LogP contribution in [0.5, 0.6) is 0 Å². The maximum atomic E-state index is 13.2. The zero-order valence-corrected chi connectivity index (χ0v) is 13.8. The number of anilines is 1. The maximum absolute atomic E-state index is 13.2. The topological polar surface area (TPSA) is 62.3 Å². The van der Waals surface area contributed by atoms with Crippen LogP contribution in [-0.2, 0) is 4.79 Å². The molecule has 3 rings (SSSR count). The van der Waals surface area contributed by atoms with E-state index < -0.39 is 11.9 Å².